The lowest BCUT2D eigenvalue weighted by atomic mass is 10.0. The van der Waals surface area contributed by atoms with Gasteiger partial charge >= 0.3 is 0 Å². The van der Waals surface area contributed by atoms with Crippen molar-refractivity contribution in [1.82, 2.24) is 0 Å². The van der Waals surface area contributed by atoms with Gasteiger partial charge in [0.2, 0.25) is 0 Å². The van der Waals surface area contributed by atoms with Gasteiger partial charge in [0.25, 0.3) is 0 Å². The highest BCUT2D eigenvalue weighted by Crippen LogP contribution is 2.06. The number of hydrogen-bond acceptors (Lipinski definition) is 0. The van der Waals surface area contributed by atoms with Gasteiger partial charge in [0, 0.05) is 0 Å². The predicted octanol–water partition coefficient (Wildman–Crippen LogP) is 4.66. The normalized spacial score (nSPS) is 9.00. The lowest BCUT2D eigenvalue weighted by molar-refractivity contribution is 0.960. The average molecular weight is 224 g/mol. The SMILES string of the molecule is C=CC.c1ccc(CCc2ccccc2)cc1. The fraction of sp³-hybridized carbons (Fsp3) is 0.176. The van der Waals surface area contributed by atoms with Gasteiger partial charge in [-0.2, -0.15) is 0 Å². The first-order valence-corrected chi connectivity index (χ1v) is 6.01. The zero-order valence-electron chi connectivity index (χ0n) is 10.5. The van der Waals surface area contributed by atoms with Crippen LogP contribution in [0.2, 0.25) is 0 Å². The molecule has 0 aliphatic rings. The Morgan fingerprint density at radius 3 is 1.35 bits per heavy atom. The van der Waals surface area contributed by atoms with E-state index in [1.165, 1.54) is 11.1 Å². The van der Waals surface area contributed by atoms with Crippen LogP contribution in [0.15, 0.2) is 73.3 Å². The van der Waals surface area contributed by atoms with Gasteiger partial charge in [-0.15, -0.1) is 6.58 Å². The minimum atomic E-state index is 1.13. The number of hydrogen-bond donors (Lipinski definition) is 0. The number of allylic oxidation sites excluding steroid dienone is 1. The predicted molar refractivity (Wildman–Crippen MR) is 76.2 cm³/mol. The second kappa shape index (κ2) is 8.35. The second-order valence-corrected chi connectivity index (χ2v) is 3.88. The topological polar surface area (TPSA) is 0 Å². The van der Waals surface area contributed by atoms with E-state index >= 15 is 0 Å². The first kappa shape index (κ1) is 13.2. The Balaban J connectivity index is 0.000000437. The van der Waals surface area contributed by atoms with Gasteiger partial charge in [0.15, 0.2) is 0 Å². The molecule has 2 aromatic carbocycles. The van der Waals surface area contributed by atoms with E-state index in [-0.39, 0.29) is 0 Å². The van der Waals surface area contributed by atoms with Crippen LogP contribution < -0.4 is 0 Å². The van der Waals surface area contributed by atoms with Crippen LogP contribution in [0, 0.1) is 0 Å². The molecule has 0 saturated carbocycles. The number of rotatable bonds is 3. The molecule has 0 aromatic heterocycles. The molecule has 0 heteroatoms. The molecule has 0 bridgehead atoms. The Morgan fingerprint density at radius 1 is 0.765 bits per heavy atom. The van der Waals surface area contributed by atoms with Crippen molar-refractivity contribution in [3.05, 3.63) is 84.4 Å². The summed E-state index contributed by atoms with van der Waals surface area (Å²) >= 11 is 0. The second-order valence-electron chi connectivity index (χ2n) is 3.88. The summed E-state index contributed by atoms with van der Waals surface area (Å²) in [7, 11) is 0. The van der Waals surface area contributed by atoms with Gasteiger partial charge in [-0.1, -0.05) is 66.7 Å². The van der Waals surface area contributed by atoms with E-state index in [1.54, 1.807) is 6.08 Å². The monoisotopic (exact) mass is 224 g/mol. The molecule has 0 amide bonds. The highest BCUT2D eigenvalue weighted by atomic mass is 14.0. The molecular weight excluding hydrogens is 204 g/mol. The number of aryl methyl sites for hydroxylation is 2. The van der Waals surface area contributed by atoms with Crippen LogP contribution in [0.25, 0.3) is 0 Å². The van der Waals surface area contributed by atoms with Crippen molar-refractivity contribution in [3.63, 3.8) is 0 Å². The van der Waals surface area contributed by atoms with Crippen molar-refractivity contribution in [2.45, 2.75) is 19.8 Å². The molecular formula is C17H20. The fourth-order valence-electron chi connectivity index (χ4n) is 1.58. The van der Waals surface area contributed by atoms with E-state index in [4.69, 9.17) is 0 Å². The molecule has 0 unspecified atom stereocenters. The summed E-state index contributed by atoms with van der Waals surface area (Å²) in [6.07, 6.45) is 4.01. The fourth-order valence-corrected chi connectivity index (χ4v) is 1.58. The molecule has 0 spiro atoms. The molecule has 0 aliphatic carbocycles. The third-order valence-corrected chi connectivity index (χ3v) is 2.39. The molecule has 17 heavy (non-hydrogen) atoms. The van der Waals surface area contributed by atoms with E-state index in [2.05, 4.69) is 67.2 Å². The van der Waals surface area contributed by atoms with Crippen molar-refractivity contribution in [2.24, 2.45) is 0 Å². The molecule has 0 saturated heterocycles. The Morgan fingerprint density at radius 2 is 1.06 bits per heavy atom. The van der Waals surface area contributed by atoms with Crippen LogP contribution in [0.1, 0.15) is 18.1 Å². The summed E-state index contributed by atoms with van der Waals surface area (Å²) in [4.78, 5) is 0. The van der Waals surface area contributed by atoms with Crippen LogP contribution in [0.4, 0.5) is 0 Å². The molecule has 0 N–H and O–H groups in total. The molecule has 0 aliphatic heterocycles. The van der Waals surface area contributed by atoms with Crippen molar-refractivity contribution in [1.29, 1.82) is 0 Å². The summed E-state index contributed by atoms with van der Waals surface area (Å²) in [6.45, 7) is 5.25. The van der Waals surface area contributed by atoms with Gasteiger partial charge in [-0.05, 0) is 30.9 Å². The van der Waals surface area contributed by atoms with Crippen LogP contribution in [-0.4, -0.2) is 0 Å². The molecule has 0 heterocycles. The maximum Gasteiger partial charge on any atom is -0.0238 e. The first-order chi connectivity index (χ1) is 8.36. The highest BCUT2D eigenvalue weighted by molar-refractivity contribution is 5.19. The lowest BCUT2D eigenvalue weighted by Crippen LogP contribution is -1.89. The van der Waals surface area contributed by atoms with Crippen molar-refractivity contribution in [2.75, 3.05) is 0 Å². The van der Waals surface area contributed by atoms with Crippen LogP contribution >= 0.6 is 0 Å². The molecule has 2 rings (SSSR count). The van der Waals surface area contributed by atoms with Crippen LogP contribution in [0.3, 0.4) is 0 Å². The minimum Gasteiger partial charge on any atom is -0.103 e. The summed E-state index contributed by atoms with van der Waals surface area (Å²) in [5, 5.41) is 0. The van der Waals surface area contributed by atoms with E-state index < -0.39 is 0 Å². The van der Waals surface area contributed by atoms with E-state index in [0.717, 1.165) is 12.8 Å². The van der Waals surface area contributed by atoms with Gasteiger partial charge in [-0.25, -0.2) is 0 Å². The molecule has 0 atom stereocenters. The van der Waals surface area contributed by atoms with E-state index in [1.807, 2.05) is 6.92 Å². The highest BCUT2D eigenvalue weighted by Gasteiger charge is 1.93. The minimum absolute atomic E-state index is 1.13. The third kappa shape index (κ3) is 5.72. The summed E-state index contributed by atoms with van der Waals surface area (Å²) in [5.74, 6) is 0. The van der Waals surface area contributed by atoms with Crippen molar-refractivity contribution < 1.29 is 0 Å². The first-order valence-electron chi connectivity index (χ1n) is 6.01. The van der Waals surface area contributed by atoms with Crippen molar-refractivity contribution >= 4 is 0 Å². The largest absolute Gasteiger partial charge is 0.103 e. The summed E-state index contributed by atoms with van der Waals surface area (Å²) in [6, 6.07) is 21.2. The third-order valence-electron chi connectivity index (χ3n) is 2.39. The maximum absolute atomic E-state index is 3.36. The van der Waals surface area contributed by atoms with Crippen LogP contribution in [-0.2, 0) is 12.8 Å². The van der Waals surface area contributed by atoms with Gasteiger partial charge in [-0.3, -0.25) is 0 Å². The van der Waals surface area contributed by atoms with Crippen molar-refractivity contribution in [3.8, 4) is 0 Å². The van der Waals surface area contributed by atoms with E-state index in [9.17, 15) is 0 Å². The molecule has 0 radical (unpaired) electrons. The van der Waals surface area contributed by atoms with Gasteiger partial charge < -0.3 is 0 Å². The molecule has 2 aromatic rings. The van der Waals surface area contributed by atoms with Gasteiger partial charge in [0.1, 0.15) is 0 Å². The zero-order chi connectivity index (χ0) is 12.3. The summed E-state index contributed by atoms with van der Waals surface area (Å²) in [5.41, 5.74) is 2.83. The lowest BCUT2D eigenvalue weighted by Gasteiger charge is -2.01. The van der Waals surface area contributed by atoms with Gasteiger partial charge in [0.05, 0.1) is 0 Å². The Bertz CT molecular complexity index is 361. The Labute approximate surface area is 105 Å². The van der Waals surface area contributed by atoms with E-state index in [0.29, 0.717) is 0 Å². The van der Waals surface area contributed by atoms with Crippen LogP contribution in [0.5, 0.6) is 0 Å². The smallest absolute Gasteiger partial charge is 0.0238 e. The standard InChI is InChI=1S/C14H14.C3H6/c1-3-7-13(8-4-1)11-12-14-9-5-2-6-10-14;1-3-2/h1-10H,11-12H2;3H,1H2,2H3. The number of benzene rings is 2. The zero-order valence-corrected chi connectivity index (χ0v) is 10.5. The summed E-state index contributed by atoms with van der Waals surface area (Å²) < 4.78 is 0. The average Bonchev–Trinajstić information content (AvgIpc) is 2.40. The molecule has 88 valence electrons. The quantitative estimate of drug-likeness (QED) is 0.665. The maximum atomic E-state index is 3.36. The molecule has 0 nitrogen and oxygen atoms in total. The Kier molecular flexibility index (Phi) is 6.50. The Hall–Kier alpha value is -1.82. The molecule has 0 fully saturated rings.